The van der Waals surface area contributed by atoms with E-state index in [-0.39, 0.29) is 10.7 Å². The van der Waals surface area contributed by atoms with Gasteiger partial charge in [-0.3, -0.25) is 0 Å². The molecule has 2 nitrogen and oxygen atoms in total. The molecule has 0 spiro atoms. The van der Waals surface area contributed by atoms with Crippen LogP contribution in [0.3, 0.4) is 0 Å². The molecule has 6 heteroatoms. The summed E-state index contributed by atoms with van der Waals surface area (Å²) < 4.78 is 28.4. The fourth-order valence-corrected chi connectivity index (χ4v) is 2.72. The van der Waals surface area contributed by atoms with Crippen LogP contribution < -0.4 is 11.1 Å². The molecule has 0 amide bonds. The molecule has 0 aliphatic heterocycles. The quantitative estimate of drug-likeness (QED) is 0.799. The highest BCUT2D eigenvalue weighted by molar-refractivity contribution is 9.10. The Hall–Kier alpha value is -1.53. The molecule has 3 N–H and O–H groups in total. The average molecular weight is 357 g/mol. The molecule has 0 radical (unpaired) electrons. The van der Waals surface area contributed by atoms with Gasteiger partial charge in [0.05, 0.1) is 5.69 Å². The summed E-state index contributed by atoms with van der Waals surface area (Å²) in [6, 6.07) is 7.72. The first-order valence-corrected chi connectivity index (χ1v) is 6.92. The van der Waals surface area contributed by atoms with Crippen molar-refractivity contribution in [2.75, 3.05) is 5.32 Å². The zero-order valence-corrected chi connectivity index (χ0v) is 12.9. The fourth-order valence-electron chi connectivity index (χ4n) is 1.78. The standard InChI is InChI=1S/C14H11BrF2N2S/c1-7-5-6-9(16)13(12(7)17)19-10-4-2-3-8(15)11(10)14(18)20/h2-6,19H,1H3,(H2,18,20). The number of hydrogen-bond acceptors (Lipinski definition) is 2. The predicted molar refractivity (Wildman–Crippen MR) is 84.4 cm³/mol. The van der Waals surface area contributed by atoms with Crippen LogP contribution in [0, 0.1) is 18.6 Å². The molecular formula is C14H11BrF2N2S. The molecule has 0 aliphatic carbocycles. The summed E-state index contributed by atoms with van der Waals surface area (Å²) in [4.78, 5) is 0.133. The van der Waals surface area contributed by atoms with E-state index in [1.807, 2.05) is 0 Å². The lowest BCUT2D eigenvalue weighted by Crippen LogP contribution is -2.13. The van der Waals surface area contributed by atoms with Gasteiger partial charge in [0.15, 0.2) is 5.82 Å². The topological polar surface area (TPSA) is 38.0 Å². The first kappa shape index (κ1) is 14.9. The minimum absolute atomic E-state index is 0.133. The number of rotatable bonds is 3. The zero-order valence-electron chi connectivity index (χ0n) is 10.5. The number of nitrogens with two attached hydrogens (primary N) is 1. The van der Waals surface area contributed by atoms with Crippen molar-refractivity contribution in [1.29, 1.82) is 0 Å². The number of aryl methyl sites for hydroxylation is 1. The van der Waals surface area contributed by atoms with Gasteiger partial charge >= 0.3 is 0 Å². The minimum Gasteiger partial charge on any atom is -0.389 e. The van der Waals surface area contributed by atoms with Crippen molar-refractivity contribution in [3.05, 3.63) is 57.6 Å². The Balaban J connectivity index is 2.54. The number of nitrogens with one attached hydrogen (secondary N) is 1. The summed E-state index contributed by atoms with van der Waals surface area (Å²) in [5, 5.41) is 2.72. The van der Waals surface area contributed by atoms with Gasteiger partial charge in [-0.05, 0) is 46.6 Å². The van der Waals surface area contributed by atoms with Gasteiger partial charge in [0.2, 0.25) is 0 Å². The third-order valence-electron chi connectivity index (χ3n) is 2.80. The number of hydrogen-bond donors (Lipinski definition) is 2. The van der Waals surface area contributed by atoms with Crippen LogP contribution in [-0.4, -0.2) is 4.99 Å². The van der Waals surface area contributed by atoms with Gasteiger partial charge in [0, 0.05) is 10.0 Å². The molecule has 0 saturated heterocycles. The Morgan fingerprint density at radius 3 is 2.60 bits per heavy atom. The largest absolute Gasteiger partial charge is 0.389 e. The van der Waals surface area contributed by atoms with E-state index in [2.05, 4.69) is 21.2 Å². The summed E-state index contributed by atoms with van der Waals surface area (Å²) in [7, 11) is 0. The summed E-state index contributed by atoms with van der Waals surface area (Å²) in [6.07, 6.45) is 0. The van der Waals surface area contributed by atoms with E-state index < -0.39 is 11.6 Å². The van der Waals surface area contributed by atoms with E-state index in [4.69, 9.17) is 18.0 Å². The molecule has 20 heavy (non-hydrogen) atoms. The lowest BCUT2D eigenvalue weighted by molar-refractivity contribution is 0.585. The Morgan fingerprint density at radius 2 is 1.95 bits per heavy atom. The third kappa shape index (κ3) is 2.81. The summed E-state index contributed by atoms with van der Waals surface area (Å²) in [5.74, 6) is -1.32. The number of benzene rings is 2. The second-order valence-electron chi connectivity index (χ2n) is 4.20. The first-order chi connectivity index (χ1) is 9.41. The van der Waals surface area contributed by atoms with Crippen molar-refractivity contribution < 1.29 is 8.78 Å². The Kier molecular flexibility index (Phi) is 4.35. The molecule has 0 aromatic heterocycles. The highest BCUT2D eigenvalue weighted by Crippen LogP contribution is 2.30. The van der Waals surface area contributed by atoms with Crippen LogP contribution in [0.1, 0.15) is 11.1 Å². The summed E-state index contributed by atoms with van der Waals surface area (Å²) in [6.45, 7) is 1.56. The van der Waals surface area contributed by atoms with Gasteiger partial charge in [-0.15, -0.1) is 0 Å². The van der Waals surface area contributed by atoms with Crippen molar-refractivity contribution in [3.8, 4) is 0 Å². The fraction of sp³-hybridized carbons (Fsp3) is 0.0714. The maximum Gasteiger partial charge on any atom is 0.152 e. The smallest absolute Gasteiger partial charge is 0.152 e. The van der Waals surface area contributed by atoms with Gasteiger partial charge in [0.25, 0.3) is 0 Å². The number of thiocarbonyl (C=S) groups is 1. The van der Waals surface area contributed by atoms with E-state index >= 15 is 0 Å². The van der Waals surface area contributed by atoms with Crippen LogP contribution in [0.15, 0.2) is 34.8 Å². The molecular weight excluding hydrogens is 346 g/mol. The maximum absolute atomic E-state index is 14.0. The molecule has 104 valence electrons. The number of halogens is 3. The van der Waals surface area contributed by atoms with E-state index in [0.717, 1.165) is 0 Å². The Bertz CT molecular complexity index is 689. The van der Waals surface area contributed by atoms with Gasteiger partial charge in [-0.25, -0.2) is 8.78 Å². The van der Waals surface area contributed by atoms with Gasteiger partial charge in [0.1, 0.15) is 16.5 Å². The molecule has 0 fully saturated rings. The molecule has 0 atom stereocenters. The highest BCUT2D eigenvalue weighted by Gasteiger charge is 2.15. The van der Waals surface area contributed by atoms with Crippen LogP contribution >= 0.6 is 28.1 Å². The van der Waals surface area contributed by atoms with Crippen LogP contribution in [0.4, 0.5) is 20.2 Å². The molecule has 2 aromatic carbocycles. The van der Waals surface area contributed by atoms with Crippen molar-refractivity contribution >= 4 is 44.5 Å². The van der Waals surface area contributed by atoms with Gasteiger partial charge in [-0.1, -0.05) is 24.4 Å². The molecule has 0 bridgehead atoms. The van der Waals surface area contributed by atoms with Crippen LogP contribution in [0.2, 0.25) is 0 Å². The molecule has 0 heterocycles. The van der Waals surface area contributed by atoms with Gasteiger partial charge < -0.3 is 11.1 Å². The lowest BCUT2D eigenvalue weighted by atomic mass is 10.1. The second kappa shape index (κ2) is 5.85. The Morgan fingerprint density at radius 1 is 1.25 bits per heavy atom. The number of anilines is 2. The summed E-state index contributed by atoms with van der Waals surface area (Å²) in [5.41, 5.74) is 6.72. The van der Waals surface area contributed by atoms with E-state index in [1.165, 1.54) is 12.1 Å². The van der Waals surface area contributed by atoms with Crippen LogP contribution in [0.5, 0.6) is 0 Å². The van der Waals surface area contributed by atoms with E-state index in [9.17, 15) is 8.78 Å². The molecule has 0 unspecified atom stereocenters. The molecule has 0 saturated carbocycles. The average Bonchev–Trinajstić information content (AvgIpc) is 2.39. The normalized spacial score (nSPS) is 10.4. The van der Waals surface area contributed by atoms with Crippen LogP contribution in [-0.2, 0) is 0 Å². The Labute approximate surface area is 129 Å². The molecule has 0 aliphatic rings. The third-order valence-corrected chi connectivity index (χ3v) is 3.67. The SMILES string of the molecule is Cc1ccc(F)c(Nc2cccc(Br)c2C(N)=S)c1F. The van der Waals surface area contributed by atoms with Crippen molar-refractivity contribution in [3.63, 3.8) is 0 Å². The van der Waals surface area contributed by atoms with Crippen molar-refractivity contribution in [2.45, 2.75) is 6.92 Å². The maximum atomic E-state index is 14.0. The van der Waals surface area contributed by atoms with Gasteiger partial charge in [-0.2, -0.15) is 0 Å². The molecule has 2 rings (SSSR count). The minimum atomic E-state index is -0.679. The van der Waals surface area contributed by atoms with Crippen molar-refractivity contribution in [1.82, 2.24) is 0 Å². The van der Waals surface area contributed by atoms with E-state index in [0.29, 0.717) is 21.3 Å². The first-order valence-electron chi connectivity index (χ1n) is 5.71. The predicted octanol–water partition coefficient (Wildman–Crippen LogP) is 4.41. The highest BCUT2D eigenvalue weighted by atomic mass is 79.9. The molecule has 2 aromatic rings. The zero-order chi connectivity index (χ0) is 14.9. The monoisotopic (exact) mass is 356 g/mol. The van der Waals surface area contributed by atoms with E-state index in [1.54, 1.807) is 25.1 Å². The lowest BCUT2D eigenvalue weighted by Gasteiger charge is -2.14. The summed E-state index contributed by atoms with van der Waals surface area (Å²) >= 11 is 8.28. The van der Waals surface area contributed by atoms with Crippen molar-refractivity contribution in [2.24, 2.45) is 5.73 Å². The van der Waals surface area contributed by atoms with Crippen LogP contribution in [0.25, 0.3) is 0 Å². The second-order valence-corrected chi connectivity index (χ2v) is 5.50.